The van der Waals surface area contributed by atoms with E-state index < -0.39 is 0 Å². The molecule has 0 atom stereocenters. The van der Waals surface area contributed by atoms with Gasteiger partial charge in [0.25, 0.3) is 0 Å². The summed E-state index contributed by atoms with van der Waals surface area (Å²) in [6.07, 6.45) is 0.414. The van der Waals surface area contributed by atoms with Gasteiger partial charge in [0.15, 0.2) is 0 Å². The number of hydrogen-bond donors (Lipinski definition) is 2. The van der Waals surface area contributed by atoms with Crippen molar-refractivity contribution in [1.29, 1.82) is 0 Å². The van der Waals surface area contributed by atoms with Crippen molar-refractivity contribution >= 4 is 45.1 Å². The highest BCUT2D eigenvalue weighted by Gasteiger charge is 2.42. The topological polar surface area (TPSA) is 67.0 Å². The van der Waals surface area contributed by atoms with Gasteiger partial charge >= 0.3 is 0 Å². The SMILES string of the molecule is O=C(CC1(c2ccccc2)COC1)Nc1ccc2n[nH]c(I)c2c1. The molecular weight excluding hydrogens is 417 g/mol. The van der Waals surface area contributed by atoms with Gasteiger partial charge in [-0.3, -0.25) is 9.89 Å². The molecule has 1 aromatic heterocycles. The van der Waals surface area contributed by atoms with Crippen LogP contribution in [-0.4, -0.2) is 29.3 Å². The zero-order chi connectivity index (χ0) is 16.6. The number of fused-ring (bicyclic) bond motifs is 1. The quantitative estimate of drug-likeness (QED) is 0.620. The minimum atomic E-state index is -0.209. The van der Waals surface area contributed by atoms with Gasteiger partial charge in [-0.2, -0.15) is 5.10 Å². The number of H-pyrrole nitrogens is 1. The molecule has 1 aliphatic heterocycles. The molecule has 2 N–H and O–H groups in total. The van der Waals surface area contributed by atoms with E-state index in [-0.39, 0.29) is 11.3 Å². The fourth-order valence-corrected chi connectivity index (χ4v) is 3.63. The van der Waals surface area contributed by atoms with Crippen LogP contribution in [0.1, 0.15) is 12.0 Å². The number of benzene rings is 2. The average molecular weight is 433 g/mol. The number of anilines is 1. The molecule has 1 amide bonds. The fraction of sp³-hybridized carbons (Fsp3) is 0.222. The molecule has 24 heavy (non-hydrogen) atoms. The van der Waals surface area contributed by atoms with Gasteiger partial charge in [-0.05, 0) is 46.4 Å². The van der Waals surface area contributed by atoms with Gasteiger partial charge < -0.3 is 10.1 Å². The first-order valence-electron chi connectivity index (χ1n) is 7.73. The molecular formula is C18H16IN3O2. The van der Waals surface area contributed by atoms with Crippen molar-refractivity contribution < 1.29 is 9.53 Å². The van der Waals surface area contributed by atoms with Crippen LogP contribution in [0.4, 0.5) is 5.69 Å². The van der Waals surface area contributed by atoms with Crippen LogP contribution in [0.3, 0.4) is 0 Å². The maximum Gasteiger partial charge on any atom is 0.225 e. The van der Waals surface area contributed by atoms with Gasteiger partial charge in [0.1, 0.15) is 3.70 Å². The lowest BCUT2D eigenvalue weighted by atomic mass is 9.75. The number of aromatic nitrogens is 2. The minimum absolute atomic E-state index is 0.00000567. The van der Waals surface area contributed by atoms with E-state index >= 15 is 0 Å². The lowest BCUT2D eigenvalue weighted by Crippen LogP contribution is -2.49. The normalized spacial score (nSPS) is 15.9. The first-order chi connectivity index (χ1) is 11.7. The Bertz CT molecular complexity index is 888. The van der Waals surface area contributed by atoms with Crippen LogP contribution in [0, 0.1) is 3.70 Å². The summed E-state index contributed by atoms with van der Waals surface area (Å²) >= 11 is 2.20. The lowest BCUT2D eigenvalue weighted by Gasteiger charge is -2.41. The van der Waals surface area contributed by atoms with Crippen molar-refractivity contribution in [3.63, 3.8) is 0 Å². The molecule has 2 heterocycles. The first kappa shape index (κ1) is 15.6. The molecule has 122 valence electrons. The number of carbonyl (C=O) groups is 1. The lowest BCUT2D eigenvalue weighted by molar-refractivity contribution is -0.124. The zero-order valence-electron chi connectivity index (χ0n) is 12.9. The Balaban J connectivity index is 1.52. The van der Waals surface area contributed by atoms with E-state index in [1.165, 1.54) is 0 Å². The summed E-state index contributed by atoms with van der Waals surface area (Å²) in [4.78, 5) is 12.6. The van der Waals surface area contributed by atoms with Crippen molar-refractivity contribution in [2.75, 3.05) is 18.5 Å². The van der Waals surface area contributed by atoms with Crippen molar-refractivity contribution in [2.24, 2.45) is 0 Å². The predicted molar refractivity (Wildman–Crippen MR) is 101 cm³/mol. The Morgan fingerprint density at radius 2 is 2.04 bits per heavy atom. The highest BCUT2D eigenvalue weighted by atomic mass is 127. The predicted octanol–water partition coefficient (Wildman–Crippen LogP) is 3.46. The molecule has 6 heteroatoms. The largest absolute Gasteiger partial charge is 0.379 e. The molecule has 0 radical (unpaired) electrons. The second kappa shape index (κ2) is 6.18. The van der Waals surface area contributed by atoms with Crippen LogP contribution in [0.15, 0.2) is 48.5 Å². The smallest absolute Gasteiger partial charge is 0.225 e. The number of carbonyl (C=O) groups excluding carboxylic acids is 1. The van der Waals surface area contributed by atoms with Crippen LogP contribution < -0.4 is 5.32 Å². The van der Waals surface area contributed by atoms with E-state index in [0.717, 1.165) is 25.9 Å². The second-order valence-electron chi connectivity index (χ2n) is 6.13. The van der Waals surface area contributed by atoms with Gasteiger partial charge in [-0.15, -0.1) is 0 Å². The van der Waals surface area contributed by atoms with Gasteiger partial charge in [0.05, 0.1) is 24.1 Å². The molecule has 0 unspecified atom stereocenters. The first-order valence-corrected chi connectivity index (χ1v) is 8.81. The Kier molecular flexibility index (Phi) is 4.01. The number of aromatic amines is 1. The van der Waals surface area contributed by atoms with Crippen LogP contribution in [-0.2, 0) is 14.9 Å². The van der Waals surface area contributed by atoms with E-state index in [0.29, 0.717) is 19.6 Å². The third-order valence-electron chi connectivity index (χ3n) is 4.43. The highest BCUT2D eigenvalue weighted by Crippen LogP contribution is 2.36. The molecule has 0 spiro atoms. The number of nitrogens with one attached hydrogen (secondary N) is 2. The number of amides is 1. The van der Waals surface area contributed by atoms with E-state index in [1.807, 2.05) is 36.4 Å². The molecule has 4 rings (SSSR count). The monoisotopic (exact) mass is 433 g/mol. The summed E-state index contributed by atoms with van der Waals surface area (Å²) in [5.41, 5.74) is 2.63. The number of hydrogen-bond acceptors (Lipinski definition) is 3. The van der Waals surface area contributed by atoms with Crippen molar-refractivity contribution in [3.8, 4) is 0 Å². The molecule has 1 fully saturated rings. The molecule has 5 nitrogen and oxygen atoms in total. The minimum Gasteiger partial charge on any atom is -0.379 e. The highest BCUT2D eigenvalue weighted by molar-refractivity contribution is 14.1. The van der Waals surface area contributed by atoms with Crippen LogP contribution in [0.2, 0.25) is 0 Å². The second-order valence-corrected chi connectivity index (χ2v) is 7.21. The number of halogens is 1. The standard InChI is InChI=1S/C18H16IN3O2/c19-17-14-8-13(6-7-15(14)21-22-17)20-16(23)9-18(10-24-11-18)12-4-2-1-3-5-12/h1-8H,9-11H2,(H,20,23)(H,21,22). The van der Waals surface area contributed by atoms with Crippen LogP contribution >= 0.6 is 22.6 Å². The number of ether oxygens (including phenoxy) is 1. The van der Waals surface area contributed by atoms with E-state index in [4.69, 9.17) is 4.74 Å². The van der Waals surface area contributed by atoms with E-state index in [9.17, 15) is 4.79 Å². The summed E-state index contributed by atoms with van der Waals surface area (Å²) in [7, 11) is 0. The molecule has 0 saturated carbocycles. The third kappa shape index (κ3) is 2.80. The zero-order valence-corrected chi connectivity index (χ0v) is 15.0. The summed E-state index contributed by atoms with van der Waals surface area (Å²) in [6, 6.07) is 15.9. The third-order valence-corrected chi connectivity index (χ3v) is 5.26. The molecule has 1 aliphatic rings. The summed E-state index contributed by atoms with van der Waals surface area (Å²) in [5.74, 6) is 0.00000567. The number of nitrogens with zero attached hydrogens (tertiary/aromatic N) is 1. The average Bonchev–Trinajstić information content (AvgIpc) is 2.93. The maximum absolute atomic E-state index is 12.6. The van der Waals surface area contributed by atoms with E-state index in [2.05, 4.69) is 50.2 Å². The Labute approximate surface area is 152 Å². The fourth-order valence-electron chi connectivity index (χ4n) is 3.08. The maximum atomic E-state index is 12.6. The molecule has 3 aromatic rings. The molecule has 2 aromatic carbocycles. The summed E-state index contributed by atoms with van der Waals surface area (Å²) < 4.78 is 6.38. The number of rotatable bonds is 4. The Morgan fingerprint density at radius 1 is 1.25 bits per heavy atom. The molecule has 1 saturated heterocycles. The van der Waals surface area contributed by atoms with Crippen molar-refractivity contribution in [3.05, 3.63) is 57.8 Å². The van der Waals surface area contributed by atoms with Gasteiger partial charge in [0.2, 0.25) is 5.91 Å². The van der Waals surface area contributed by atoms with Gasteiger partial charge in [-0.25, -0.2) is 0 Å². The van der Waals surface area contributed by atoms with Crippen LogP contribution in [0.25, 0.3) is 10.9 Å². The van der Waals surface area contributed by atoms with E-state index in [1.54, 1.807) is 0 Å². The Morgan fingerprint density at radius 3 is 2.75 bits per heavy atom. The van der Waals surface area contributed by atoms with Gasteiger partial charge in [-0.1, -0.05) is 30.3 Å². The van der Waals surface area contributed by atoms with Crippen LogP contribution in [0.5, 0.6) is 0 Å². The summed E-state index contributed by atoms with van der Waals surface area (Å²) in [5, 5.41) is 11.2. The van der Waals surface area contributed by atoms with Crippen molar-refractivity contribution in [2.45, 2.75) is 11.8 Å². The van der Waals surface area contributed by atoms with Gasteiger partial charge in [0, 0.05) is 17.5 Å². The summed E-state index contributed by atoms with van der Waals surface area (Å²) in [6.45, 7) is 1.17. The Hall–Kier alpha value is -1.93. The van der Waals surface area contributed by atoms with Crippen molar-refractivity contribution in [1.82, 2.24) is 10.2 Å². The molecule has 0 bridgehead atoms. The molecule has 0 aliphatic carbocycles.